The number of aryl methyl sites for hydroxylation is 1. The third-order valence-electron chi connectivity index (χ3n) is 2.19. The van der Waals surface area contributed by atoms with Crippen LogP contribution in [0.25, 0.3) is 0 Å². The van der Waals surface area contributed by atoms with Crippen molar-refractivity contribution in [2.45, 2.75) is 26.4 Å². The average molecular weight is 259 g/mol. The van der Waals surface area contributed by atoms with Crippen molar-refractivity contribution in [2.24, 2.45) is 0 Å². The summed E-state index contributed by atoms with van der Waals surface area (Å²) in [6.45, 7) is 4.10. The minimum Gasteiger partial charge on any atom is -0.362 e. The molecule has 0 radical (unpaired) electrons. The molecule has 7 heteroatoms. The molecule has 0 aromatic carbocycles. The molecule has 1 aromatic rings. The van der Waals surface area contributed by atoms with Gasteiger partial charge in [-0.1, -0.05) is 0 Å². The molecule has 0 saturated carbocycles. The van der Waals surface area contributed by atoms with Crippen LogP contribution < -0.4 is 10.9 Å². The fourth-order valence-corrected chi connectivity index (χ4v) is 2.52. The Balaban J connectivity index is 2.86. The van der Waals surface area contributed by atoms with Gasteiger partial charge in [-0.2, -0.15) is 0 Å². The summed E-state index contributed by atoms with van der Waals surface area (Å²) in [4.78, 5) is 15.7. The number of aromatic nitrogens is 2. The van der Waals surface area contributed by atoms with E-state index in [1.807, 2.05) is 6.92 Å². The smallest absolute Gasteiger partial charge is 0.293 e. The lowest BCUT2D eigenvalue weighted by atomic mass is 10.4. The Morgan fingerprint density at radius 1 is 1.53 bits per heavy atom. The van der Waals surface area contributed by atoms with Crippen molar-refractivity contribution in [3.63, 3.8) is 0 Å². The first-order valence-corrected chi connectivity index (χ1v) is 7.39. The van der Waals surface area contributed by atoms with Crippen molar-refractivity contribution in [2.75, 3.05) is 17.3 Å². The van der Waals surface area contributed by atoms with E-state index in [2.05, 4.69) is 10.3 Å². The predicted molar refractivity (Wildman–Crippen MR) is 67.0 cm³/mol. The molecule has 0 fully saturated rings. The Morgan fingerprint density at radius 2 is 2.18 bits per heavy atom. The molecule has 1 heterocycles. The van der Waals surface area contributed by atoms with E-state index in [4.69, 9.17) is 0 Å². The molecule has 1 unspecified atom stereocenters. The second-order valence-corrected chi connectivity index (χ2v) is 6.19. The fourth-order valence-electron chi connectivity index (χ4n) is 1.52. The Kier molecular flexibility index (Phi) is 4.28. The summed E-state index contributed by atoms with van der Waals surface area (Å²) in [5.41, 5.74) is -0.240. The van der Waals surface area contributed by atoms with E-state index >= 15 is 0 Å². The number of nitrogens with one attached hydrogen (secondary N) is 1. The van der Waals surface area contributed by atoms with Gasteiger partial charge in [-0.15, -0.1) is 0 Å². The monoisotopic (exact) mass is 259 g/mol. The number of anilines is 1. The normalized spacial score (nSPS) is 13.4. The number of hydrogen-bond acceptors (Lipinski definition) is 5. The van der Waals surface area contributed by atoms with E-state index < -0.39 is 9.84 Å². The molecule has 0 aliphatic carbocycles. The Hall–Kier alpha value is -1.37. The summed E-state index contributed by atoms with van der Waals surface area (Å²) >= 11 is 0. The zero-order chi connectivity index (χ0) is 13.1. The fraction of sp³-hybridized carbons (Fsp3) is 0.600. The maximum absolute atomic E-state index is 11.8. The summed E-state index contributed by atoms with van der Waals surface area (Å²) < 4.78 is 23.7. The van der Waals surface area contributed by atoms with Crippen LogP contribution in [0.1, 0.15) is 13.8 Å². The quantitative estimate of drug-likeness (QED) is 0.811. The third kappa shape index (κ3) is 4.18. The van der Waals surface area contributed by atoms with Crippen LogP contribution in [0.3, 0.4) is 0 Å². The average Bonchev–Trinajstić information content (AvgIpc) is 2.18. The second-order valence-electron chi connectivity index (χ2n) is 4.00. The SMILES string of the molecule is CCn1ccnc(NC(C)CS(C)(=O)=O)c1=O. The van der Waals surface area contributed by atoms with Crippen molar-refractivity contribution in [1.82, 2.24) is 9.55 Å². The molecule has 0 spiro atoms. The number of rotatable bonds is 5. The molecule has 1 aromatic heterocycles. The molecule has 0 saturated heterocycles. The molecular weight excluding hydrogens is 242 g/mol. The van der Waals surface area contributed by atoms with Crippen molar-refractivity contribution < 1.29 is 8.42 Å². The standard InChI is InChI=1S/C10H17N3O3S/c1-4-13-6-5-11-9(10(13)14)12-8(2)7-17(3,15)16/h5-6,8H,4,7H2,1-3H3,(H,11,12). The van der Waals surface area contributed by atoms with Gasteiger partial charge in [0.25, 0.3) is 5.56 Å². The van der Waals surface area contributed by atoms with Crippen molar-refractivity contribution in [3.8, 4) is 0 Å². The Labute approximate surface area is 101 Å². The molecule has 96 valence electrons. The maximum atomic E-state index is 11.8. The van der Waals surface area contributed by atoms with Gasteiger partial charge in [-0.05, 0) is 13.8 Å². The molecule has 0 aliphatic rings. The zero-order valence-corrected chi connectivity index (χ0v) is 11.0. The van der Waals surface area contributed by atoms with Gasteiger partial charge in [-0.3, -0.25) is 4.79 Å². The largest absolute Gasteiger partial charge is 0.362 e. The van der Waals surface area contributed by atoms with Crippen LogP contribution in [0.4, 0.5) is 5.82 Å². The third-order valence-corrected chi connectivity index (χ3v) is 3.30. The van der Waals surface area contributed by atoms with Gasteiger partial charge >= 0.3 is 0 Å². The van der Waals surface area contributed by atoms with Gasteiger partial charge in [0.1, 0.15) is 9.84 Å². The van der Waals surface area contributed by atoms with Crippen LogP contribution in [0.15, 0.2) is 17.2 Å². The summed E-state index contributed by atoms with van der Waals surface area (Å²) in [5, 5.41) is 2.82. The summed E-state index contributed by atoms with van der Waals surface area (Å²) in [5.74, 6) is 0.153. The highest BCUT2D eigenvalue weighted by Crippen LogP contribution is 1.99. The molecule has 0 aliphatic heterocycles. The van der Waals surface area contributed by atoms with Crippen LogP contribution in [0.5, 0.6) is 0 Å². The lowest BCUT2D eigenvalue weighted by Gasteiger charge is -2.13. The summed E-state index contributed by atoms with van der Waals surface area (Å²) in [6, 6.07) is -0.349. The minimum absolute atomic E-state index is 0.0326. The van der Waals surface area contributed by atoms with E-state index in [1.165, 1.54) is 10.8 Å². The first-order valence-electron chi connectivity index (χ1n) is 5.33. The van der Waals surface area contributed by atoms with E-state index in [0.29, 0.717) is 6.54 Å². The molecule has 0 bridgehead atoms. The van der Waals surface area contributed by atoms with Crippen LogP contribution in [0.2, 0.25) is 0 Å². The minimum atomic E-state index is -3.07. The van der Waals surface area contributed by atoms with E-state index in [-0.39, 0.29) is 23.2 Å². The zero-order valence-electron chi connectivity index (χ0n) is 10.2. The van der Waals surface area contributed by atoms with Crippen molar-refractivity contribution >= 4 is 15.7 Å². The van der Waals surface area contributed by atoms with E-state index in [0.717, 1.165) is 6.26 Å². The first kappa shape index (κ1) is 13.7. The van der Waals surface area contributed by atoms with Gasteiger partial charge < -0.3 is 9.88 Å². The lowest BCUT2D eigenvalue weighted by molar-refractivity contribution is 0.597. The van der Waals surface area contributed by atoms with Crippen LogP contribution in [-0.4, -0.2) is 36.0 Å². The molecule has 0 amide bonds. The molecule has 1 rings (SSSR count). The van der Waals surface area contributed by atoms with E-state index in [1.54, 1.807) is 13.1 Å². The Morgan fingerprint density at radius 3 is 2.71 bits per heavy atom. The lowest BCUT2D eigenvalue weighted by Crippen LogP contribution is -2.31. The van der Waals surface area contributed by atoms with Gasteiger partial charge in [0, 0.05) is 31.2 Å². The molecule has 1 N–H and O–H groups in total. The predicted octanol–water partition coefficient (Wildman–Crippen LogP) is 0.108. The van der Waals surface area contributed by atoms with Crippen molar-refractivity contribution in [1.29, 1.82) is 0 Å². The van der Waals surface area contributed by atoms with Crippen LogP contribution in [0, 0.1) is 0 Å². The highest BCUT2D eigenvalue weighted by molar-refractivity contribution is 7.90. The first-order chi connectivity index (χ1) is 7.83. The maximum Gasteiger partial charge on any atom is 0.293 e. The molecule has 1 atom stereocenters. The number of sulfone groups is 1. The van der Waals surface area contributed by atoms with Gasteiger partial charge in [0.2, 0.25) is 0 Å². The molecule has 6 nitrogen and oxygen atoms in total. The van der Waals surface area contributed by atoms with Crippen LogP contribution >= 0.6 is 0 Å². The molecular formula is C10H17N3O3S. The number of hydrogen-bond donors (Lipinski definition) is 1. The van der Waals surface area contributed by atoms with Crippen molar-refractivity contribution in [3.05, 3.63) is 22.7 Å². The molecule has 17 heavy (non-hydrogen) atoms. The summed E-state index contributed by atoms with van der Waals surface area (Å²) in [6.07, 6.45) is 4.27. The van der Waals surface area contributed by atoms with Gasteiger partial charge in [-0.25, -0.2) is 13.4 Å². The topological polar surface area (TPSA) is 81.1 Å². The van der Waals surface area contributed by atoms with E-state index in [9.17, 15) is 13.2 Å². The summed E-state index contributed by atoms with van der Waals surface area (Å²) in [7, 11) is -3.07. The van der Waals surface area contributed by atoms with Crippen LogP contribution in [-0.2, 0) is 16.4 Å². The highest BCUT2D eigenvalue weighted by atomic mass is 32.2. The van der Waals surface area contributed by atoms with Gasteiger partial charge in [0.15, 0.2) is 5.82 Å². The Bertz CT molecular complexity index is 536. The highest BCUT2D eigenvalue weighted by Gasteiger charge is 2.12. The second kappa shape index (κ2) is 5.31. The number of nitrogens with zero attached hydrogens (tertiary/aromatic N) is 2. The van der Waals surface area contributed by atoms with Gasteiger partial charge in [0.05, 0.1) is 5.75 Å².